The third-order valence-electron chi connectivity index (χ3n) is 5.07. The molecule has 164 valence electrons. The monoisotopic (exact) mass is 422 g/mol. The molecule has 0 spiro atoms. The molecule has 2 aromatic rings. The maximum Gasteiger partial charge on any atom is 0.226 e. The van der Waals surface area contributed by atoms with E-state index in [4.69, 9.17) is 0 Å². The number of hydrogen-bond donors (Lipinski definition) is 3. The van der Waals surface area contributed by atoms with Gasteiger partial charge in [0.05, 0.1) is 0 Å². The maximum atomic E-state index is 13.0. The maximum absolute atomic E-state index is 13.0. The fraction of sp³-hybridized carbons (Fsp3) is 0.333. The highest BCUT2D eigenvalue weighted by atomic mass is 19.1. The zero-order valence-corrected chi connectivity index (χ0v) is 17.9. The van der Waals surface area contributed by atoms with E-state index >= 15 is 0 Å². The van der Waals surface area contributed by atoms with E-state index in [1.54, 1.807) is 24.3 Å². The number of nitrogens with one attached hydrogen (secondary N) is 3. The Morgan fingerprint density at radius 1 is 1.00 bits per heavy atom. The Morgan fingerprint density at radius 3 is 2.42 bits per heavy atom. The van der Waals surface area contributed by atoms with Gasteiger partial charge in [-0.15, -0.1) is 13.2 Å². The fourth-order valence-corrected chi connectivity index (χ4v) is 3.42. The molecule has 0 bridgehead atoms. The van der Waals surface area contributed by atoms with Crippen molar-refractivity contribution in [2.75, 3.05) is 48.3 Å². The van der Waals surface area contributed by atoms with Crippen molar-refractivity contribution in [3.8, 4) is 0 Å². The van der Waals surface area contributed by atoms with Gasteiger partial charge in [0.2, 0.25) is 5.95 Å². The minimum atomic E-state index is -0.210. The summed E-state index contributed by atoms with van der Waals surface area (Å²) in [6.07, 6.45) is 9.77. The van der Waals surface area contributed by atoms with Crippen molar-refractivity contribution in [2.45, 2.75) is 18.9 Å². The van der Waals surface area contributed by atoms with Crippen LogP contribution in [0.25, 0.3) is 6.08 Å². The van der Waals surface area contributed by atoms with Gasteiger partial charge in [-0.25, -0.2) is 4.39 Å². The van der Waals surface area contributed by atoms with Crippen LogP contribution in [0.15, 0.2) is 61.7 Å². The summed E-state index contributed by atoms with van der Waals surface area (Å²) in [6, 6.07) is 8.97. The van der Waals surface area contributed by atoms with Gasteiger partial charge < -0.3 is 20.9 Å². The molecule has 3 rings (SSSR count). The lowest BCUT2D eigenvalue weighted by atomic mass is 10.0. The van der Waals surface area contributed by atoms with Crippen LogP contribution in [0, 0.1) is 5.82 Å². The van der Waals surface area contributed by atoms with Gasteiger partial charge in [-0.2, -0.15) is 9.97 Å². The lowest BCUT2D eigenvalue weighted by Crippen LogP contribution is -2.43. The second-order valence-electron chi connectivity index (χ2n) is 7.40. The average Bonchev–Trinajstić information content (AvgIpc) is 2.80. The number of aromatic nitrogens is 2. The summed E-state index contributed by atoms with van der Waals surface area (Å²) in [5.41, 5.74) is 1.00. The SMILES string of the molecule is C=CCNc1cc(N2CCC(NC/C=C/c3ccc(F)cc3)CC2)nc(NCC=C)n1. The molecule has 2 heterocycles. The van der Waals surface area contributed by atoms with Crippen LogP contribution in [0.4, 0.5) is 22.0 Å². The van der Waals surface area contributed by atoms with Gasteiger partial charge in [-0.1, -0.05) is 36.4 Å². The molecular formula is C24H31FN6. The van der Waals surface area contributed by atoms with E-state index in [0.717, 1.165) is 49.7 Å². The molecule has 0 saturated carbocycles. The third kappa shape index (κ3) is 7.22. The summed E-state index contributed by atoms with van der Waals surface area (Å²) in [5, 5.41) is 10.0. The van der Waals surface area contributed by atoms with Crippen LogP contribution in [-0.2, 0) is 0 Å². The van der Waals surface area contributed by atoms with E-state index in [0.29, 0.717) is 25.1 Å². The van der Waals surface area contributed by atoms with Gasteiger partial charge in [0.1, 0.15) is 17.5 Å². The lowest BCUT2D eigenvalue weighted by molar-refractivity contribution is 0.429. The Labute approximate surface area is 184 Å². The van der Waals surface area contributed by atoms with Crippen molar-refractivity contribution < 1.29 is 4.39 Å². The van der Waals surface area contributed by atoms with E-state index < -0.39 is 0 Å². The van der Waals surface area contributed by atoms with E-state index in [9.17, 15) is 4.39 Å². The first-order chi connectivity index (χ1) is 15.2. The number of anilines is 3. The summed E-state index contributed by atoms with van der Waals surface area (Å²) < 4.78 is 13.0. The van der Waals surface area contributed by atoms with E-state index in [-0.39, 0.29) is 5.82 Å². The van der Waals surface area contributed by atoms with Crippen molar-refractivity contribution in [2.24, 2.45) is 0 Å². The zero-order valence-electron chi connectivity index (χ0n) is 17.9. The van der Waals surface area contributed by atoms with Crippen molar-refractivity contribution in [3.63, 3.8) is 0 Å². The van der Waals surface area contributed by atoms with Gasteiger partial charge in [0.25, 0.3) is 0 Å². The molecule has 31 heavy (non-hydrogen) atoms. The van der Waals surface area contributed by atoms with Crippen LogP contribution in [0.5, 0.6) is 0 Å². The Balaban J connectivity index is 1.51. The molecule has 1 aliphatic rings. The highest BCUT2D eigenvalue weighted by Gasteiger charge is 2.20. The van der Waals surface area contributed by atoms with Crippen LogP contribution in [-0.4, -0.2) is 48.7 Å². The average molecular weight is 423 g/mol. The van der Waals surface area contributed by atoms with Crippen LogP contribution >= 0.6 is 0 Å². The van der Waals surface area contributed by atoms with Crippen LogP contribution in [0.3, 0.4) is 0 Å². The Hall–Kier alpha value is -3.19. The van der Waals surface area contributed by atoms with E-state index in [2.05, 4.69) is 50.1 Å². The van der Waals surface area contributed by atoms with Crippen molar-refractivity contribution in [3.05, 3.63) is 73.1 Å². The Kier molecular flexibility index (Phi) is 8.60. The van der Waals surface area contributed by atoms with Crippen molar-refractivity contribution in [1.29, 1.82) is 0 Å². The van der Waals surface area contributed by atoms with Gasteiger partial charge in [0.15, 0.2) is 0 Å². The molecule has 1 saturated heterocycles. The van der Waals surface area contributed by atoms with Crippen LogP contribution < -0.4 is 20.9 Å². The number of halogens is 1. The smallest absolute Gasteiger partial charge is 0.226 e. The normalized spacial score (nSPS) is 14.5. The second-order valence-corrected chi connectivity index (χ2v) is 7.40. The molecule has 0 atom stereocenters. The highest BCUT2D eigenvalue weighted by Crippen LogP contribution is 2.22. The first-order valence-electron chi connectivity index (χ1n) is 10.7. The minimum absolute atomic E-state index is 0.210. The summed E-state index contributed by atoms with van der Waals surface area (Å²) in [5.74, 6) is 2.08. The molecule has 6 nitrogen and oxygen atoms in total. The molecular weight excluding hydrogens is 391 g/mol. The molecule has 0 unspecified atom stereocenters. The number of piperidine rings is 1. The molecule has 3 N–H and O–H groups in total. The molecule has 1 aliphatic heterocycles. The Bertz CT molecular complexity index is 842. The molecule has 7 heteroatoms. The van der Waals surface area contributed by atoms with Gasteiger partial charge >= 0.3 is 0 Å². The number of benzene rings is 1. The first-order valence-corrected chi connectivity index (χ1v) is 10.7. The summed E-state index contributed by atoms with van der Waals surface area (Å²) in [4.78, 5) is 11.5. The molecule has 1 aromatic carbocycles. The highest BCUT2D eigenvalue weighted by molar-refractivity contribution is 5.54. The standard InChI is InChI=1S/C24H31FN6/c1-3-13-27-22-18-23(30-24(29-22)28-14-4-2)31-16-11-21(12-17-31)26-15-5-6-19-7-9-20(25)10-8-19/h3-10,18,21,26H,1-2,11-17H2,(H2,27,28,29,30)/b6-5+. The first kappa shape index (κ1) is 22.5. The lowest BCUT2D eigenvalue weighted by Gasteiger charge is -2.33. The molecule has 0 aliphatic carbocycles. The van der Waals surface area contributed by atoms with Crippen LogP contribution in [0.2, 0.25) is 0 Å². The quantitative estimate of drug-likeness (QED) is 0.474. The number of hydrogen-bond acceptors (Lipinski definition) is 6. The summed E-state index contributed by atoms with van der Waals surface area (Å²) in [6.45, 7) is 11.4. The topological polar surface area (TPSA) is 65.1 Å². The fourth-order valence-electron chi connectivity index (χ4n) is 3.42. The predicted molar refractivity (Wildman–Crippen MR) is 128 cm³/mol. The van der Waals surface area contributed by atoms with Crippen molar-refractivity contribution >= 4 is 23.7 Å². The van der Waals surface area contributed by atoms with Gasteiger partial charge in [-0.3, -0.25) is 0 Å². The minimum Gasteiger partial charge on any atom is -0.366 e. The molecule has 1 fully saturated rings. The van der Waals surface area contributed by atoms with E-state index in [1.165, 1.54) is 12.1 Å². The largest absolute Gasteiger partial charge is 0.366 e. The zero-order chi connectivity index (χ0) is 21.9. The van der Waals surface area contributed by atoms with E-state index in [1.807, 2.05) is 12.1 Å². The third-order valence-corrected chi connectivity index (χ3v) is 5.07. The second kappa shape index (κ2) is 11.9. The summed E-state index contributed by atoms with van der Waals surface area (Å²) >= 11 is 0. The molecule has 0 amide bonds. The van der Waals surface area contributed by atoms with Crippen molar-refractivity contribution in [1.82, 2.24) is 15.3 Å². The number of nitrogens with zero attached hydrogens (tertiary/aromatic N) is 3. The predicted octanol–water partition coefficient (Wildman–Crippen LogP) is 4.08. The Morgan fingerprint density at radius 2 is 1.71 bits per heavy atom. The molecule has 1 aromatic heterocycles. The summed E-state index contributed by atoms with van der Waals surface area (Å²) in [7, 11) is 0. The molecule has 0 radical (unpaired) electrons. The van der Waals surface area contributed by atoms with Gasteiger partial charge in [-0.05, 0) is 30.5 Å². The van der Waals surface area contributed by atoms with Gasteiger partial charge in [0, 0.05) is 44.8 Å². The van der Waals surface area contributed by atoms with Crippen LogP contribution in [0.1, 0.15) is 18.4 Å². The number of rotatable bonds is 11.